The lowest BCUT2D eigenvalue weighted by molar-refractivity contribution is -0.138. The van der Waals surface area contributed by atoms with Gasteiger partial charge < -0.3 is 4.74 Å². The predicted octanol–water partition coefficient (Wildman–Crippen LogP) is 5.46. The fourth-order valence-corrected chi connectivity index (χ4v) is 2.28. The number of halogens is 5. The Kier molecular flexibility index (Phi) is 4.84. The number of alkyl halides is 3. The number of hydrogen-bond donors (Lipinski definition) is 0. The van der Waals surface area contributed by atoms with Crippen molar-refractivity contribution in [3.8, 4) is 11.8 Å². The Morgan fingerprint density at radius 3 is 2.41 bits per heavy atom. The molecule has 0 spiro atoms. The minimum atomic E-state index is -4.47. The van der Waals surface area contributed by atoms with E-state index in [1.807, 2.05) is 6.07 Å². The zero-order valence-electron chi connectivity index (χ0n) is 10.9. The number of nitrogens with zero attached hydrogens (tertiary/aromatic N) is 1. The van der Waals surface area contributed by atoms with Crippen LogP contribution < -0.4 is 4.74 Å². The summed E-state index contributed by atoms with van der Waals surface area (Å²) in [5.74, 6) is 0.0968. The SMILES string of the molecule is N#Cc1cc(OCc2ccccc2C(F)(F)F)c(Cl)cc1Cl. The monoisotopic (exact) mass is 345 g/mol. The van der Waals surface area contributed by atoms with Gasteiger partial charge in [-0.15, -0.1) is 0 Å². The Balaban J connectivity index is 2.27. The van der Waals surface area contributed by atoms with E-state index in [0.717, 1.165) is 6.07 Å². The van der Waals surface area contributed by atoms with Gasteiger partial charge in [0, 0.05) is 11.6 Å². The van der Waals surface area contributed by atoms with E-state index in [-0.39, 0.29) is 33.5 Å². The quantitative estimate of drug-likeness (QED) is 0.739. The zero-order chi connectivity index (χ0) is 16.3. The second-order valence-electron chi connectivity index (χ2n) is 4.32. The molecule has 0 aliphatic carbocycles. The molecule has 22 heavy (non-hydrogen) atoms. The third kappa shape index (κ3) is 3.65. The van der Waals surface area contributed by atoms with Crippen LogP contribution in [0.25, 0.3) is 0 Å². The molecule has 0 saturated carbocycles. The van der Waals surface area contributed by atoms with Crippen LogP contribution in [0.1, 0.15) is 16.7 Å². The highest BCUT2D eigenvalue weighted by Crippen LogP contribution is 2.34. The lowest BCUT2D eigenvalue weighted by Gasteiger charge is -2.14. The molecule has 0 amide bonds. The van der Waals surface area contributed by atoms with E-state index >= 15 is 0 Å². The fourth-order valence-electron chi connectivity index (χ4n) is 1.80. The molecule has 2 nitrogen and oxygen atoms in total. The summed E-state index contributed by atoms with van der Waals surface area (Å²) in [6.07, 6.45) is -4.47. The van der Waals surface area contributed by atoms with Crippen LogP contribution in [0.4, 0.5) is 13.2 Å². The molecule has 0 N–H and O–H groups in total. The first-order valence-corrected chi connectivity index (χ1v) is 6.75. The molecule has 0 atom stereocenters. The van der Waals surface area contributed by atoms with Crippen molar-refractivity contribution in [3.63, 3.8) is 0 Å². The third-order valence-electron chi connectivity index (χ3n) is 2.85. The van der Waals surface area contributed by atoms with Crippen LogP contribution in [0.15, 0.2) is 36.4 Å². The summed E-state index contributed by atoms with van der Waals surface area (Å²) in [6, 6.07) is 9.53. The van der Waals surface area contributed by atoms with Crippen LogP contribution in [0, 0.1) is 11.3 Å². The largest absolute Gasteiger partial charge is 0.487 e. The minimum Gasteiger partial charge on any atom is -0.487 e. The van der Waals surface area contributed by atoms with Crippen LogP contribution >= 0.6 is 23.2 Å². The average Bonchev–Trinajstić information content (AvgIpc) is 2.46. The minimum absolute atomic E-state index is 0.0282. The summed E-state index contributed by atoms with van der Waals surface area (Å²) in [6.45, 7) is -0.331. The summed E-state index contributed by atoms with van der Waals surface area (Å²) in [4.78, 5) is 0. The van der Waals surface area contributed by atoms with Crippen molar-refractivity contribution in [2.75, 3.05) is 0 Å². The molecule has 0 aliphatic rings. The Labute approximate surface area is 134 Å². The second kappa shape index (κ2) is 6.47. The van der Waals surface area contributed by atoms with Crippen molar-refractivity contribution < 1.29 is 17.9 Å². The third-order valence-corrected chi connectivity index (χ3v) is 3.46. The van der Waals surface area contributed by atoms with Crippen LogP contribution in [0.3, 0.4) is 0 Å². The first-order valence-electron chi connectivity index (χ1n) is 6.00. The van der Waals surface area contributed by atoms with E-state index in [1.54, 1.807) is 0 Å². The maximum absolute atomic E-state index is 12.9. The number of benzene rings is 2. The molecule has 0 unspecified atom stereocenters. The lowest BCUT2D eigenvalue weighted by Crippen LogP contribution is -2.10. The molecule has 7 heteroatoms. The predicted molar refractivity (Wildman–Crippen MR) is 77.0 cm³/mol. The van der Waals surface area contributed by atoms with Crippen LogP contribution in [-0.4, -0.2) is 0 Å². The Bertz CT molecular complexity index is 739. The highest BCUT2D eigenvalue weighted by atomic mass is 35.5. The maximum atomic E-state index is 12.9. The van der Waals surface area contributed by atoms with Gasteiger partial charge >= 0.3 is 6.18 Å². The molecule has 0 saturated heterocycles. The van der Waals surface area contributed by atoms with Crippen molar-refractivity contribution in [2.24, 2.45) is 0 Å². The van der Waals surface area contributed by atoms with Crippen molar-refractivity contribution in [1.82, 2.24) is 0 Å². The van der Waals surface area contributed by atoms with E-state index in [0.29, 0.717) is 0 Å². The normalized spacial score (nSPS) is 11.1. The summed E-state index contributed by atoms with van der Waals surface area (Å²) in [7, 11) is 0. The molecule has 0 radical (unpaired) electrons. The topological polar surface area (TPSA) is 33.0 Å². The maximum Gasteiger partial charge on any atom is 0.416 e. The number of rotatable bonds is 3. The first kappa shape index (κ1) is 16.5. The molecule has 2 aromatic rings. The van der Waals surface area contributed by atoms with Crippen LogP contribution in [0.2, 0.25) is 10.0 Å². The van der Waals surface area contributed by atoms with Gasteiger partial charge in [0.2, 0.25) is 0 Å². The number of hydrogen-bond acceptors (Lipinski definition) is 2. The highest BCUT2D eigenvalue weighted by molar-refractivity contribution is 6.36. The van der Waals surface area contributed by atoms with Crippen LogP contribution in [-0.2, 0) is 12.8 Å². The molecule has 0 bridgehead atoms. The smallest absolute Gasteiger partial charge is 0.416 e. The molecule has 0 heterocycles. The van der Waals surface area contributed by atoms with Crippen LogP contribution in [0.5, 0.6) is 5.75 Å². The van der Waals surface area contributed by atoms with E-state index in [1.165, 1.54) is 30.3 Å². The number of ether oxygens (including phenoxy) is 1. The zero-order valence-corrected chi connectivity index (χ0v) is 12.4. The number of nitriles is 1. The summed E-state index contributed by atoms with van der Waals surface area (Å²) in [5.41, 5.74) is -0.676. The van der Waals surface area contributed by atoms with Gasteiger partial charge in [-0.3, -0.25) is 0 Å². The van der Waals surface area contributed by atoms with Gasteiger partial charge in [0.25, 0.3) is 0 Å². The summed E-state index contributed by atoms with van der Waals surface area (Å²) < 4.78 is 44.0. The van der Waals surface area contributed by atoms with Crippen molar-refractivity contribution in [2.45, 2.75) is 12.8 Å². The molecular weight excluding hydrogens is 338 g/mol. The highest BCUT2D eigenvalue weighted by Gasteiger charge is 2.33. The molecule has 2 aromatic carbocycles. The van der Waals surface area contributed by atoms with Gasteiger partial charge in [-0.25, -0.2) is 0 Å². The average molecular weight is 346 g/mol. The molecule has 2 rings (SSSR count). The standard InChI is InChI=1S/C15H8Cl2F3NO/c16-12-6-13(17)14(5-10(12)7-21)22-8-9-3-1-2-4-11(9)15(18,19)20/h1-6H,8H2. The molecular formula is C15H8Cl2F3NO. The lowest BCUT2D eigenvalue weighted by atomic mass is 10.1. The summed E-state index contributed by atoms with van der Waals surface area (Å²) >= 11 is 11.7. The second-order valence-corrected chi connectivity index (χ2v) is 5.13. The van der Waals surface area contributed by atoms with E-state index < -0.39 is 11.7 Å². The van der Waals surface area contributed by atoms with Crippen molar-refractivity contribution >= 4 is 23.2 Å². The molecule has 0 aliphatic heterocycles. The Hall–Kier alpha value is -1.90. The first-order chi connectivity index (χ1) is 10.3. The Morgan fingerprint density at radius 1 is 1.09 bits per heavy atom. The van der Waals surface area contributed by atoms with Gasteiger partial charge in [0.05, 0.1) is 21.2 Å². The Morgan fingerprint density at radius 2 is 1.77 bits per heavy atom. The molecule has 0 fully saturated rings. The van der Waals surface area contributed by atoms with Gasteiger partial charge in [0.15, 0.2) is 0 Å². The van der Waals surface area contributed by atoms with E-state index in [9.17, 15) is 13.2 Å². The van der Waals surface area contributed by atoms with Crippen molar-refractivity contribution in [1.29, 1.82) is 5.26 Å². The van der Waals surface area contributed by atoms with Gasteiger partial charge in [-0.2, -0.15) is 18.4 Å². The van der Waals surface area contributed by atoms with Gasteiger partial charge in [-0.05, 0) is 12.1 Å². The van der Waals surface area contributed by atoms with Gasteiger partial charge in [-0.1, -0.05) is 41.4 Å². The van der Waals surface area contributed by atoms with E-state index in [2.05, 4.69) is 0 Å². The van der Waals surface area contributed by atoms with E-state index in [4.69, 9.17) is 33.2 Å². The van der Waals surface area contributed by atoms with Gasteiger partial charge in [0.1, 0.15) is 18.4 Å². The summed E-state index contributed by atoms with van der Waals surface area (Å²) in [5, 5.41) is 9.16. The van der Waals surface area contributed by atoms with Crippen molar-refractivity contribution in [3.05, 3.63) is 63.1 Å². The fraction of sp³-hybridized carbons (Fsp3) is 0.133. The molecule has 0 aromatic heterocycles. The molecule has 114 valence electrons.